The number of nitrogens with zero attached hydrogens (tertiary/aromatic N) is 5. The second-order valence-electron chi connectivity index (χ2n) is 3.71. The molecule has 0 saturated carbocycles. The molecule has 17 heavy (non-hydrogen) atoms. The first-order valence-electron chi connectivity index (χ1n) is 5.25. The molecule has 1 aliphatic rings. The first-order chi connectivity index (χ1) is 8.27. The van der Waals surface area contributed by atoms with E-state index in [1.807, 2.05) is 0 Å². The van der Waals surface area contributed by atoms with Crippen molar-refractivity contribution in [2.24, 2.45) is 0 Å². The molecule has 0 aromatic carbocycles. The minimum Gasteiger partial charge on any atom is -0.382 e. The molecule has 7 nitrogen and oxygen atoms in total. The van der Waals surface area contributed by atoms with Crippen molar-refractivity contribution in [3.8, 4) is 0 Å². The van der Waals surface area contributed by atoms with Crippen LogP contribution >= 0.6 is 15.9 Å². The van der Waals surface area contributed by atoms with E-state index in [0.29, 0.717) is 29.2 Å². The standard InChI is InChI=1S/C9H11BrN6O/c10-7-6-8(11)12-5-13-16(6)9(14-7)15-1-3-17-4-2-15/h5H,1-4H2,(H2,11,12,13). The molecule has 2 N–H and O–H groups in total. The summed E-state index contributed by atoms with van der Waals surface area (Å²) in [5.74, 6) is 1.18. The third-order valence-electron chi connectivity index (χ3n) is 2.70. The number of fused-ring (bicyclic) bond motifs is 1. The van der Waals surface area contributed by atoms with Crippen LogP contribution in [0, 0.1) is 0 Å². The van der Waals surface area contributed by atoms with E-state index in [1.165, 1.54) is 6.33 Å². The molecule has 1 aliphatic heterocycles. The molecular weight excluding hydrogens is 288 g/mol. The van der Waals surface area contributed by atoms with E-state index < -0.39 is 0 Å². The Labute approximate surface area is 106 Å². The Hall–Kier alpha value is -1.41. The summed E-state index contributed by atoms with van der Waals surface area (Å²) in [6, 6.07) is 0. The summed E-state index contributed by atoms with van der Waals surface area (Å²) in [5, 5.41) is 4.19. The van der Waals surface area contributed by atoms with Gasteiger partial charge in [-0.05, 0) is 15.9 Å². The van der Waals surface area contributed by atoms with Gasteiger partial charge < -0.3 is 15.4 Å². The van der Waals surface area contributed by atoms with Crippen molar-refractivity contribution in [1.29, 1.82) is 0 Å². The number of morpholine rings is 1. The average molecular weight is 299 g/mol. The number of imidazole rings is 1. The molecule has 1 fully saturated rings. The van der Waals surface area contributed by atoms with Gasteiger partial charge in [0.25, 0.3) is 0 Å². The first-order valence-corrected chi connectivity index (χ1v) is 6.04. The highest BCUT2D eigenvalue weighted by molar-refractivity contribution is 9.10. The van der Waals surface area contributed by atoms with E-state index in [2.05, 4.69) is 35.9 Å². The minimum absolute atomic E-state index is 0.416. The van der Waals surface area contributed by atoms with Crippen molar-refractivity contribution < 1.29 is 4.74 Å². The predicted molar refractivity (Wildman–Crippen MR) is 65.9 cm³/mol. The van der Waals surface area contributed by atoms with Gasteiger partial charge in [-0.15, -0.1) is 0 Å². The van der Waals surface area contributed by atoms with Crippen LogP contribution in [-0.4, -0.2) is 45.9 Å². The molecule has 0 unspecified atom stereocenters. The number of nitrogen functional groups attached to an aromatic ring is 1. The quantitative estimate of drug-likeness (QED) is 0.816. The Morgan fingerprint density at radius 3 is 2.88 bits per heavy atom. The normalized spacial score (nSPS) is 16.6. The second-order valence-corrected chi connectivity index (χ2v) is 4.46. The van der Waals surface area contributed by atoms with E-state index >= 15 is 0 Å². The van der Waals surface area contributed by atoms with Crippen molar-refractivity contribution in [3.63, 3.8) is 0 Å². The first kappa shape index (κ1) is 10.7. The van der Waals surface area contributed by atoms with Crippen LogP contribution < -0.4 is 10.6 Å². The van der Waals surface area contributed by atoms with Gasteiger partial charge >= 0.3 is 0 Å². The molecule has 0 bridgehead atoms. The Bertz CT molecular complexity index is 550. The summed E-state index contributed by atoms with van der Waals surface area (Å²) in [7, 11) is 0. The van der Waals surface area contributed by atoms with Crippen LogP contribution in [0.3, 0.4) is 0 Å². The fourth-order valence-corrected chi connectivity index (χ4v) is 2.40. The van der Waals surface area contributed by atoms with Crippen molar-refractivity contribution in [2.75, 3.05) is 36.9 Å². The number of hydrogen-bond acceptors (Lipinski definition) is 6. The van der Waals surface area contributed by atoms with E-state index in [-0.39, 0.29) is 0 Å². The average Bonchev–Trinajstić information content (AvgIpc) is 2.69. The number of aromatic nitrogens is 4. The van der Waals surface area contributed by atoms with Crippen molar-refractivity contribution in [2.45, 2.75) is 0 Å². The van der Waals surface area contributed by atoms with Crippen molar-refractivity contribution >= 4 is 33.2 Å². The summed E-state index contributed by atoms with van der Waals surface area (Å²) < 4.78 is 7.69. The number of ether oxygens (including phenoxy) is 1. The Morgan fingerprint density at radius 1 is 1.35 bits per heavy atom. The molecule has 2 aromatic heterocycles. The van der Waals surface area contributed by atoms with Gasteiger partial charge in [0, 0.05) is 13.1 Å². The van der Waals surface area contributed by atoms with Crippen molar-refractivity contribution in [3.05, 3.63) is 10.9 Å². The fraction of sp³-hybridized carbons (Fsp3) is 0.444. The predicted octanol–water partition coefficient (Wildman–Crippen LogP) is 0.306. The van der Waals surface area contributed by atoms with Gasteiger partial charge in [0.2, 0.25) is 5.95 Å². The Balaban J connectivity index is 2.13. The highest BCUT2D eigenvalue weighted by Gasteiger charge is 2.20. The summed E-state index contributed by atoms with van der Waals surface area (Å²) >= 11 is 3.39. The van der Waals surface area contributed by atoms with E-state index in [9.17, 15) is 0 Å². The van der Waals surface area contributed by atoms with Crippen molar-refractivity contribution in [1.82, 2.24) is 19.6 Å². The number of hydrogen-bond donors (Lipinski definition) is 1. The molecule has 0 atom stereocenters. The second kappa shape index (κ2) is 4.11. The molecule has 2 aromatic rings. The summed E-state index contributed by atoms with van der Waals surface area (Å²) in [4.78, 5) is 10.5. The van der Waals surface area contributed by atoms with Crippen LogP contribution in [0.25, 0.3) is 5.52 Å². The van der Waals surface area contributed by atoms with Crippen LogP contribution in [0.5, 0.6) is 0 Å². The maximum Gasteiger partial charge on any atom is 0.228 e. The van der Waals surface area contributed by atoms with Gasteiger partial charge in [-0.1, -0.05) is 0 Å². The number of halogens is 1. The summed E-state index contributed by atoms with van der Waals surface area (Å²) in [6.07, 6.45) is 1.43. The zero-order valence-electron chi connectivity index (χ0n) is 9.01. The zero-order chi connectivity index (χ0) is 11.8. The summed E-state index contributed by atoms with van der Waals surface area (Å²) in [5.41, 5.74) is 6.52. The van der Waals surface area contributed by atoms with Crippen LogP contribution in [0.2, 0.25) is 0 Å². The lowest BCUT2D eigenvalue weighted by Crippen LogP contribution is -2.37. The van der Waals surface area contributed by atoms with Gasteiger partial charge in [-0.2, -0.15) is 9.61 Å². The lowest BCUT2D eigenvalue weighted by molar-refractivity contribution is 0.122. The van der Waals surface area contributed by atoms with Gasteiger partial charge in [-0.25, -0.2) is 9.97 Å². The van der Waals surface area contributed by atoms with Gasteiger partial charge in [0.15, 0.2) is 5.82 Å². The molecule has 0 radical (unpaired) electrons. The van der Waals surface area contributed by atoms with Crippen LogP contribution in [0.15, 0.2) is 10.9 Å². The number of nitrogens with two attached hydrogens (primary N) is 1. The van der Waals surface area contributed by atoms with E-state index in [1.54, 1.807) is 4.52 Å². The Morgan fingerprint density at radius 2 is 2.12 bits per heavy atom. The molecule has 3 heterocycles. The third kappa shape index (κ3) is 1.73. The molecule has 0 spiro atoms. The van der Waals surface area contributed by atoms with Gasteiger partial charge in [-0.3, -0.25) is 0 Å². The molecule has 8 heteroatoms. The number of anilines is 2. The lowest BCUT2D eigenvalue weighted by atomic mass is 10.4. The molecule has 3 rings (SSSR count). The third-order valence-corrected chi connectivity index (χ3v) is 3.25. The minimum atomic E-state index is 0.416. The fourth-order valence-electron chi connectivity index (χ4n) is 1.87. The SMILES string of the molecule is Nc1ncnn2c(N3CCOCC3)nc(Br)c12. The van der Waals surface area contributed by atoms with Crippen LogP contribution in [0.4, 0.5) is 11.8 Å². The topological polar surface area (TPSA) is 81.6 Å². The summed E-state index contributed by atoms with van der Waals surface area (Å²) in [6.45, 7) is 3.01. The molecule has 0 amide bonds. The monoisotopic (exact) mass is 298 g/mol. The highest BCUT2D eigenvalue weighted by Crippen LogP contribution is 2.26. The largest absolute Gasteiger partial charge is 0.382 e. The van der Waals surface area contributed by atoms with Gasteiger partial charge in [0.05, 0.1) is 13.2 Å². The highest BCUT2D eigenvalue weighted by atomic mass is 79.9. The lowest BCUT2D eigenvalue weighted by Gasteiger charge is -2.26. The Kier molecular flexibility index (Phi) is 2.60. The molecule has 90 valence electrons. The zero-order valence-corrected chi connectivity index (χ0v) is 10.6. The maximum absolute atomic E-state index is 5.81. The molecular formula is C9H11BrN6O. The van der Waals surface area contributed by atoms with Crippen LogP contribution in [-0.2, 0) is 4.74 Å². The maximum atomic E-state index is 5.81. The molecule has 0 aliphatic carbocycles. The molecule has 1 saturated heterocycles. The van der Waals surface area contributed by atoms with Gasteiger partial charge in [0.1, 0.15) is 16.4 Å². The van der Waals surface area contributed by atoms with E-state index in [0.717, 1.165) is 19.0 Å². The number of rotatable bonds is 1. The van der Waals surface area contributed by atoms with Crippen LogP contribution in [0.1, 0.15) is 0 Å². The smallest absolute Gasteiger partial charge is 0.228 e. The van der Waals surface area contributed by atoms with E-state index in [4.69, 9.17) is 10.5 Å².